The predicted molar refractivity (Wildman–Crippen MR) is 103 cm³/mol. The predicted octanol–water partition coefficient (Wildman–Crippen LogP) is 2.61. The molecule has 1 N–H and O–H groups in total. The van der Waals surface area contributed by atoms with E-state index in [1.807, 2.05) is 13.8 Å². The molecule has 5 atom stereocenters. The number of aliphatic hydroxyl groups is 1. The number of hydrogen-bond donors (Lipinski definition) is 1. The van der Waals surface area contributed by atoms with Gasteiger partial charge in [-0.2, -0.15) is 0 Å². The number of esters is 1. The van der Waals surface area contributed by atoms with Crippen molar-refractivity contribution in [2.45, 2.75) is 102 Å². The van der Waals surface area contributed by atoms with E-state index in [0.29, 0.717) is 0 Å². The van der Waals surface area contributed by atoms with Crippen LogP contribution >= 0.6 is 0 Å². The summed E-state index contributed by atoms with van der Waals surface area (Å²) in [5.41, 5.74) is 0. The first-order valence-corrected chi connectivity index (χ1v) is 12.7. The molecular weight excluding hydrogens is 368 g/mol. The molecule has 0 saturated carbocycles. The van der Waals surface area contributed by atoms with Gasteiger partial charge in [0, 0.05) is 6.42 Å². The Balaban J connectivity index is 2.23. The molecule has 0 aromatic rings. The van der Waals surface area contributed by atoms with E-state index < -0.39 is 50.6 Å². The van der Waals surface area contributed by atoms with E-state index >= 15 is 0 Å². The molecule has 0 aliphatic carbocycles. The van der Waals surface area contributed by atoms with Crippen molar-refractivity contribution in [1.29, 1.82) is 0 Å². The fourth-order valence-corrected chi connectivity index (χ4v) is 4.48. The fraction of sp³-hybridized carbons (Fsp3) is 0.947. The first-order chi connectivity index (χ1) is 12.3. The summed E-state index contributed by atoms with van der Waals surface area (Å²) < 4.78 is 29.1. The van der Waals surface area contributed by atoms with Crippen LogP contribution in [0, 0.1) is 0 Å². The van der Waals surface area contributed by atoms with Crippen LogP contribution in [0.1, 0.15) is 48.0 Å². The quantitative estimate of drug-likeness (QED) is 0.557. The second kappa shape index (κ2) is 8.08. The smallest absolute Gasteiger partial charge is 0.335 e. The van der Waals surface area contributed by atoms with Gasteiger partial charge in [-0.3, -0.25) is 0 Å². The molecule has 2 fully saturated rings. The molecule has 2 heterocycles. The highest BCUT2D eigenvalue weighted by atomic mass is 28.4. The van der Waals surface area contributed by atoms with Gasteiger partial charge in [0.15, 0.2) is 20.2 Å². The van der Waals surface area contributed by atoms with Crippen molar-refractivity contribution in [3.63, 3.8) is 0 Å². The van der Waals surface area contributed by atoms with Crippen LogP contribution in [0.3, 0.4) is 0 Å². The molecule has 0 aromatic heterocycles. The summed E-state index contributed by atoms with van der Waals surface area (Å²) in [5.74, 6) is -1.18. The highest BCUT2D eigenvalue weighted by Gasteiger charge is 2.51. The van der Waals surface area contributed by atoms with Crippen LogP contribution in [0.25, 0.3) is 0 Å². The molecule has 7 nitrogen and oxygen atoms in total. The third-order valence-corrected chi connectivity index (χ3v) is 10.2. The van der Waals surface area contributed by atoms with Gasteiger partial charge >= 0.3 is 5.97 Å². The molecule has 0 amide bonds. The molecule has 2 saturated heterocycles. The van der Waals surface area contributed by atoms with Crippen molar-refractivity contribution in [2.24, 2.45) is 0 Å². The number of aliphatic hydroxyl groups excluding tert-OH is 1. The van der Waals surface area contributed by atoms with Gasteiger partial charge in [0.25, 0.3) is 0 Å². The van der Waals surface area contributed by atoms with Gasteiger partial charge in [-0.05, 0) is 38.9 Å². The molecule has 0 bridgehead atoms. The molecule has 8 heteroatoms. The third kappa shape index (κ3) is 5.30. The first kappa shape index (κ1) is 22.8. The van der Waals surface area contributed by atoms with Crippen LogP contribution in [0.4, 0.5) is 0 Å². The molecular formula is C19H36O7Si. The lowest BCUT2D eigenvalue weighted by Gasteiger charge is -2.45. The van der Waals surface area contributed by atoms with Crippen LogP contribution in [-0.4, -0.2) is 68.9 Å². The fourth-order valence-electron chi connectivity index (χ4n) is 3.13. The van der Waals surface area contributed by atoms with Crippen LogP contribution < -0.4 is 0 Å². The summed E-state index contributed by atoms with van der Waals surface area (Å²) >= 11 is 0. The molecule has 2 rings (SSSR count). The minimum Gasteiger partial charge on any atom is -0.464 e. The summed E-state index contributed by atoms with van der Waals surface area (Å²) in [6, 6.07) is 0. The van der Waals surface area contributed by atoms with E-state index in [9.17, 15) is 9.90 Å². The van der Waals surface area contributed by atoms with E-state index in [1.165, 1.54) is 0 Å². The summed E-state index contributed by atoms with van der Waals surface area (Å²) in [6.45, 7) is 16.6. The number of ether oxygens (including phenoxy) is 4. The average Bonchev–Trinajstić information content (AvgIpc) is 2.88. The Hall–Kier alpha value is -0.513. The summed E-state index contributed by atoms with van der Waals surface area (Å²) in [5, 5.41) is 11.0. The van der Waals surface area contributed by atoms with Crippen LogP contribution in [0.2, 0.25) is 18.1 Å². The third-order valence-electron chi connectivity index (χ3n) is 5.68. The lowest BCUT2D eigenvalue weighted by Crippen LogP contribution is -2.59. The van der Waals surface area contributed by atoms with E-state index in [2.05, 4.69) is 33.9 Å². The molecule has 0 aromatic carbocycles. The van der Waals surface area contributed by atoms with Gasteiger partial charge in [-0.15, -0.1) is 0 Å². The molecule has 0 unspecified atom stereocenters. The minimum absolute atomic E-state index is 0.0189. The first-order valence-electron chi connectivity index (χ1n) is 9.77. The van der Waals surface area contributed by atoms with Gasteiger partial charge in [-0.1, -0.05) is 20.8 Å². The Morgan fingerprint density at radius 3 is 2.41 bits per heavy atom. The SMILES string of the molecule is CCOC(=O)[C@H]1C[C@@H](O[Si](C)(C)C(C)(C)C)[C@H](O)[C@@H]([C@H]2COC(C)(C)O2)O1. The van der Waals surface area contributed by atoms with Crippen LogP contribution in [0.5, 0.6) is 0 Å². The largest absolute Gasteiger partial charge is 0.464 e. The lowest BCUT2D eigenvalue weighted by atomic mass is 9.94. The second-order valence-corrected chi connectivity index (χ2v) is 14.1. The maximum Gasteiger partial charge on any atom is 0.335 e. The number of carbonyl (C=O) groups is 1. The van der Waals surface area contributed by atoms with Gasteiger partial charge < -0.3 is 28.5 Å². The molecule has 0 spiro atoms. The maximum atomic E-state index is 12.4. The zero-order chi connectivity index (χ0) is 20.6. The van der Waals surface area contributed by atoms with Crippen molar-refractivity contribution in [2.75, 3.05) is 13.2 Å². The Bertz CT molecular complexity index is 529. The lowest BCUT2D eigenvalue weighted by molar-refractivity contribution is -0.221. The Morgan fingerprint density at radius 2 is 1.93 bits per heavy atom. The van der Waals surface area contributed by atoms with Crippen LogP contribution in [-0.2, 0) is 28.2 Å². The van der Waals surface area contributed by atoms with Crippen molar-refractivity contribution < 1.29 is 33.3 Å². The van der Waals surface area contributed by atoms with E-state index in [1.54, 1.807) is 6.92 Å². The van der Waals surface area contributed by atoms with Gasteiger partial charge in [-0.25, -0.2) is 4.79 Å². The minimum atomic E-state index is -2.15. The number of hydrogen-bond acceptors (Lipinski definition) is 7. The van der Waals surface area contributed by atoms with Crippen LogP contribution in [0.15, 0.2) is 0 Å². The van der Waals surface area contributed by atoms with E-state index in [0.717, 1.165) is 0 Å². The molecule has 2 aliphatic heterocycles. The summed E-state index contributed by atoms with van der Waals surface area (Å²) in [6.07, 6.45) is -3.15. The van der Waals surface area contributed by atoms with Gasteiger partial charge in [0.1, 0.15) is 18.3 Å². The highest BCUT2D eigenvalue weighted by Crippen LogP contribution is 2.40. The molecule has 158 valence electrons. The Labute approximate surface area is 163 Å². The standard InChI is InChI=1S/C19H36O7Si/c1-9-22-17(21)13-10-12(26-27(7,8)18(2,3)4)15(20)16(24-13)14-11-23-19(5,6)25-14/h12-16,20H,9-11H2,1-8H3/t12-,13-,14-,15+,16-/m1/s1. The normalized spacial score (nSPS) is 34.5. The van der Waals surface area contributed by atoms with Crippen molar-refractivity contribution in [3.8, 4) is 0 Å². The summed E-state index contributed by atoms with van der Waals surface area (Å²) in [4.78, 5) is 12.4. The molecule has 27 heavy (non-hydrogen) atoms. The zero-order valence-electron chi connectivity index (χ0n) is 17.9. The van der Waals surface area contributed by atoms with Gasteiger partial charge in [0.2, 0.25) is 0 Å². The zero-order valence-corrected chi connectivity index (χ0v) is 18.9. The van der Waals surface area contributed by atoms with Crippen molar-refractivity contribution in [3.05, 3.63) is 0 Å². The summed E-state index contributed by atoms with van der Waals surface area (Å²) in [7, 11) is -2.15. The Morgan fingerprint density at radius 1 is 1.30 bits per heavy atom. The molecule has 2 aliphatic rings. The van der Waals surface area contributed by atoms with Crippen molar-refractivity contribution >= 4 is 14.3 Å². The maximum absolute atomic E-state index is 12.4. The highest BCUT2D eigenvalue weighted by molar-refractivity contribution is 6.74. The monoisotopic (exact) mass is 404 g/mol. The van der Waals surface area contributed by atoms with E-state index in [4.69, 9.17) is 23.4 Å². The average molecular weight is 405 g/mol. The number of rotatable bonds is 5. The van der Waals surface area contributed by atoms with Crippen molar-refractivity contribution in [1.82, 2.24) is 0 Å². The molecule has 0 radical (unpaired) electrons. The van der Waals surface area contributed by atoms with E-state index in [-0.39, 0.29) is 24.7 Å². The number of carbonyl (C=O) groups excluding carboxylic acids is 1. The Kier molecular flexibility index (Phi) is 6.82. The topological polar surface area (TPSA) is 83.5 Å². The van der Waals surface area contributed by atoms with Gasteiger partial charge in [0.05, 0.1) is 19.3 Å². The second-order valence-electron chi connectivity index (χ2n) is 9.35.